The molecule has 0 unspecified atom stereocenters. The van der Waals surface area contributed by atoms with Gasteiger partial charge in [-0.3, -0.25) is 4.90 Å². The van der Waals surface area contributed by atoms with E-state index in [9.17, 15) is 4.39 Å². The third-order valence-corrected chi connectivity index (χ3v) is 6.94. The summed E-state index contributed by atoms with van der Waals surface area (Å²) in [5.41, 5.74) is 4.15. The second-order valence-electron chi connectivity index (χ2n) is 10.0. The van der Waals surface area contributed by atoms with Crippen molar-refractivity contribution in [1.29, 1.82) is 0 Å². The molecule has 1 saturated heterocycles. The average molecular weight is 479 g/mol. The lowest BCUT2D eigenvalue weighted by Gasteiger charge is -2.34. The van der Waals surface area contributed by atoms with Crippen molar-refractivity contribution >= 4 is 27.2 Å². The van der Waals surface area contributed by atoms with Crippen molar-refractivity contribution in [2.45, 2.75) is 39.8 Å². The standard InChI is InChI=1S/C26H31FN6S/c1-18-5-7-19(8-6-18)17-31-13-15-32(16-14-31)25-30-33-23(29-26(2,3)4)22(28-24(33)34-25)20-9-11-21(27)12-10-20/h5-12,29H,13-17H2,1-4H3. The largest absolute Gasteiger partial charge is 0.364 e. The molecule has 0 bridgehead atoms. The number of aromatic nitrogens is 3. The Labute approximate surface area is 204 Å². The van der Waals surface area contributed by atoms with Gasteiger partial charge in [0.05, 0.1) is 0 Å². The van der Waals surface area contributed by atoms with E-state index in [1.54, 1.807) is 23.5 Å². The van der Waals surface area contributed by atoms with Gasteiger partial charge in [0.15, 0.2) is 5.82 Å². The Balaban J connectivity index is 1.35. The maximum atomic E-state index is 13.5. The summed E-state index contributed by atoms with van der Waals surface area (Å²) in [5.74, 6) is 0.589. The fourth-order valence-electron chi connectivity index (χ4n) is 4.19. The first kappa shape index (κ1) is 22.8. The highest BCUT2D eigenvalue weighted by Gasteiger charge is 2.25. The van der Waals surface area contributed by atoms with Crippen molar-refractivity contribution in [3.05, 3.63) is 65.5 Å². The number of hydrogen-bond acceptors (Lipinski definition) is 6. The number of nitrogens with one attached hydrogen (secondary N) is 1. The molecule has 0 atom stereocenters. The SMILES string of the molecule is Cc1ccc(CN2CCN(c3nn4c(NC(C)(C)C)c(-c5ccc(F)cc5)nc4s3)CC2)cc1. The summed E-state index contributed by atoms with van der Waals surface area (Å²) in [6.07, 6.45) is 0. The molecule has 2 aromatic carbocycles. The molecule has 1 aliphatic heterocycles. The first-order valence-electron chi connectivity index (χ1n) is 11.7. The Kier molecular flexibility index (Phi) is 6.04. The van der Waals surface area contributed by atoms with Crippen LogP contribution in [0.2, 0.25) is 0 Å². The Bertz CT molecular complexity index is 1260. The van der Waals surface area contributed by atoms with E-state index in [1.165, 1.54) is 23.3 Å². The summed E-state index contributed by atoms with van der Waals surface area (Å²) in [5, 5.41) is 9.50. The van der Waals surface area contributed by atoms with Crippen LogP contribution in [0.25, 0.3) is 16.2 Å². The summed E-state index contributed by atoms with van der Waals surface area (Å²) in [4.78, 5) is 10.6. The summed E-state index contributed by atoms with van der Waals surface area (Å²) in [6.45, 7) is 13.3. The van der Waals surface area contributed by atoms with Gasteiger partial charge in [-0.2, -0.15) is 4.52 Å². The van der Waals surface area contributed by atoms with Crippen LogP contribution >= 0.6 is 11.3 Å². The van der Waals surface area contributed by atoms with Gasteiger partial charge in [-0.05, 0) is 57.5 Å². The smallest absolute Gasteiger partial charge is 0.216 e. The van der Waals surface area contributed by atoms with Crippen LogP contribution in [0, 0.1) is 12.7 Å². The summed E-state index contributed by atoms with van der Waals surface area (Å²) >= 11 is 1.60. The molecule has 0 radical (unpaired) electrons. The van der Waals surface area contributed by atoms with Crippen LogP contribution in [-0.4, -0.2) is 51.2 Å². The van der Waals surface area contributed by atoms with Gasteiger partial charge < -0.3 is 10.2 Å². The molecule has 0 aliphatic carbocycles. The monoisotopic (exact) mass is 478 g/mol. The number of halogens is 1. The van der Waals surface area contributed by atoms with E-state index in [2.05, 4.69) is 67.1 Å². The Hall–Kier alpha value is -2.97. The summed E-state index contributed by atoms with van der Waals surface area (Å²) in [6, 6.07) is 15.3. The predicted octanol–water partition coefficient (Wildman–Crippen LogP) is 5.44. The van der Waals surface area contributed by atoms with Crippen molar-refractivity contribution in [3.63, 3.8) is 0 Å². The number of imidazole rings is 1. The van der Waals surface area contributed by atoms with Gasteiger partial charge in [-0.25, -0.2) is 9.37 Å². The third kappa shape index (κ3) is 4.93. The van der Waals surface area contributed by atoms with Gasteiger partial charge >= 0.3 is 0 Å². The van der Waals surface area contributed by atoms with Crippen LogP contribution in [0.5, 0.6) is 0 Å². The van der Waals surface area contributed by atoms with Gasteiger partial charge in [0, 0.05) is 43.8 Å². The van der Waals surface area contributed by atoms with Crippen LogP contribution in [0.15, 0.2) is 48.5 Å². The van der Waals surface area contributed by atoms with E-state index in [4.69, 9.17) is 10.1 Å². The number of hydrogen-bond donors (Lipinski definition) is 1. The average Bonchev–Trinajstić information content (AvgIpc) is 3.35. The minimum absolute atomic E-state index is 0.171. The Morgan fingerprint density at radius 3 is 2.29 bits per heavy atom. The van der Waals surface area contributed by atoms with Gasteiger partial charge in [0.25, 0.3) is 0 Å². The van der Waals surface area contributed by atoms with Crippen molar-refractivity contribution in [2.24, 2.45) is 0 Å². The highest BCUT2D eigenvalue weighted by atomic mass is 32.1. The zero-order chi connectivity index (χ0) is 23.9. The summed E-state index contributed by atoms with van der Waals surface area (Å²) in [7, 11) is 0. The summed E-state index contributed by atoms with van der Waals surface area (Å²) < 4.78 is 15.4. The number of nitrogens with zero attached hydrogens (tertiary/aromatic N) is 5. The van der Waals surface area contributed by atoms with E-state index in [1.807, 2.05) is 4.52 Å². The van der Waals surface area contributed by atoms with Gasteiger partial charge in [-0.1, -0.05) is 41.2 Å². The number of rotatable bonds is 5. The van der Waals surface area contributed by atoms with Gasteiger partial charge in [-0.15, -0.1) is 5.10 Å². The highest BCUT2D eigenvalue weighted by molar-refractivity contribution is 7.20. The Morgan fingerprint density at radius 2 is 1.65 bits per heavy atom. The molecule has 1 fully saturated rings. The van der Waals surface area contributed by atoms with Crippen LogP contribution in [0.1, 0.15) is 31.9 Å². The molecule has 0 saturated carbocycles. The molecular weight excluding hydrogens is 447 g/mol. The number of benzene rings is 2. The molecule has 0 spiro atoms. The lowest BCUT2D eigenvalue weighted by molar-refractivity contribution is 0.249. The third-order valence-electron chi connectivity index (χ3n) is 5.97. The molecule has 5 rings (SSSR count). The molecule has 3 heterocycles. The minimum Gasteiger partial charge on any atom is -0.364 e. The second kappa shape index (κ2) is 9.00. The Morgan fingerprint density at radius 1 is 0.971 bits per heavy atom. The van der Waals surface area contributed by atoms with E-state index >= 15 is 0 Å². The zero-order valence-electron chi connectivity index (χ0n) is 20.2. The van der Waals surface area contributed by atoms with E-state index in [-0.39, 0.29) is 11.4 Å². The normalized spacial score (nSPS) is 15.3. The molecular formula is C26H31FN6S. The zero-order valence-corrected chi connectivity index (χ0v) is 21.0. The molecule has 6 nitrogen and oxygen atoms in total. The number of aryl methyl sites for hydroxylation is 1. The number of fused-ring (bicyclic) bond motifs is 1. The molecule has 4 aromatic rings. The fourth-order valence-corrected chi connectivity index (χ4v) is 5.14. The maximum Gasteiger partial charge on any atom is 0.216 e. The molecule has 1 aliphatic rings. The van der Waals surface area contributed by atoms with E-state index in [0.29, 0.717) is 0 Å². The minimum atomic E-state index is -0.253. The topological polar surface area (TPSA) is 48.7 Å². The lowest BCUT2D eigenvalue weighted by Crippen LogP contribution is -2.46. The molecule has 2 aromatic heterocycles. The van der Waals surface area contributed by atoms with Gasteiger partial charge in [0.1, 0.15) is 11.5 Å². The van der Waals surface area contributed by atoms with Gasteiger partial charge in [0.2, 0.25) is 10.1 Å². The second-order valence-corrected chi connectivity index (χ2v) is 11.0. The molecule has 8 heteroatoms. The van der Waals surface area contributed by atoms with E-state index in [0.717, 1.165) is 59.9 Å². The number of piperazine rings is 1. The first-order chi connectivity index (χ1) is 16.2. The number of anilines is 2. The predicted molar refractivity (Wildman–Crippen MR) is 138 cm³/mol. The fraction of sp³-hybridized carbons (Fsp3) is 0.385. The lowest BCUT2D eigenvalue weighted by atomic mass is 10.1. The van der Waals surface area contributed by atoms with Crippen LogP contribution in [0.4, 0.5) is 15.3 Å². The van der Waals surface area contributed by atoms with Crippen LogP contribution < -0.4 is 10.2 Å². The van der Waals surface area contributed by atoms with Crippen LogP contribution in [0.3, 0.4) is 0 Å². The molecule has 34 heavy (non-hydrogen) atoms. The highest BCUT2D eigenvalue weighted by Crippen LogP contribution is 2.35. The molecule has 178 valence electrons. The van der Waals surface area contributed by atoms with E-state index < -0.39 is 0 Å². The van der Waals surface area contributed by atoms with Crippen molar-refractivity contribution in [2.75, 3.05) is 36.4 Å². The van der Waals surface area contributed by atoms with Crippen LogP contribution in [-0.2, 0) is 6.54 Å². The van der Waals surface area contributed by atoms with Crippen molar-refractivity contribution in [3.8, 4) is 11.3 Å². The first-order valence-corrected chi connectivity index (χ1v) is 12.5. The van der Waals surface area contributed by atoms with Crippen molar-refractivity contribution in [1.82, 2.24) is 19.5 Å². The quantitative estimate of drug-likeness (QED) is 0.414. The molecule has 1 N–H and O–H groups in total. The molecule has 0 amide bonds. The maximum absolute atomic E-state index is 13.5. The van der Waals surface area contributed by atoms with Crippen molar-refractivity contribution < 1.29 is 4.39 Å².